The van der Waals surface area contributed by atoms with E-state index in [2.05, 4.69) is 61.1 Å². The minimum atomic E-state index is -0.0119. The number of aryl methyl sites for hydroxylation is 1. The van der Waals surface area contributed by atoms with E-state index >= 15 is 0 Å². The molecule has 0 bridgehead atoms. The SMILES string of the molecule is Cc1cc(C#CC2CC2)ccc1-c1cn(CC2CCC(C)(C)O2)nn1. The Morgan fingerprint density at radius 3 is 2.80 bits per heavy atom. The Morgan fingerprint density at radius 1 is 1.28 bits per heavy atom. The number of hydrogen-bond donors (Lipinski definition) is 0. The molecule has 1 saturated heterocycles. The zero-order valence-corrected chi connectivity index (χ0v) is 15.2. The first-order valence-electron chi connectivity index (χ1n) is 9.19. The lowest BCUT2D eigenvalue weighted by atomic mass is 10.0. The van der Waals surface area contributed by atoms with Gasteiger partial charge in [-0.05, 0) is 64.2 Å². The van der Waals surface area contributed by atoms with Crippen LogP contribution >= 0.6 is 0 Å². The maximum Gasteiger partial charge on any atom is 0.113 e. The molecule has 2 aliphatic rings. The molecule has 0 spiro atoms. The summed E-state index contributed by atoms with van der Waals surface area (Å²) in [5.74, 6) is 7.22. The minimum Gasteiger partial charge on any atom is -0.370 e. The molecule has 1 aromatic carbocycles. The smallest absolute Gasteiger partial charge is 0.113 e. The van der Waals surface area contributed by atoms with Crippen molar-refractivity contribution in [1.29, 1.82) is 0 Å². The van der Waals surface area contributed by atoms with Crippen LogP contribution in [-0.4, -0.2) is 26.7 Å². The van der Waals surface area contributed by atoms with Crippen molar-refractivity contribution in [1.82, 2.24) is 15.0 Å². The molecule has 1 aliphatic heterocycles. The van der Waals surface area contributed by atoms with E-state index in [0.717, 1.165) is 36.2 Å². The number of hydrogen-bond acceptors (Lipinski definition) is 3. The predicted molar refractivity (Wildman–Crippen MR) is 98.0 cm³/mol. The molecule has 4 heteroatoms. The van der Waals surface area contributed by atoms with Gasteiger partial charge in [0.1, 0.15) is 5.69 Å². The number of nitrogens with zero attached hydrogens (tertiary/aromatic N) is 3. The van der Waals surface area contributed by atoms with Crippen LogP contribution in [0.1, 0.15) is 50.7 Å². The summed E-state index contributed by atoms with van der Waals surface area (Å²) >= 11 is 0. The van der Waals surface area contributed by atoms with E-state index in [4.69, 9.17) is 4.74 Å². The molecular formula is C21H25N3O. The maximum absolute atomic E-state index is 6.05. The maximum atomic E-state index is 6.05. The minimum absolute atomic E-state index is 0.0119. The fourth-order valence-electron chi connectivity index (χ4n) is 3.37. The summed E-state index contributed by atoms with van der Waals surface area (Å²) in [6, 6.07) is 6.33. The molecule has 1 atom stereocenters. The summed E-state index contributed by atoms with van der Waals surface area (Å²) in [7, 11) is 0. The van der Waals surface area contributed by atoms with Gasteiger partial charge in [0, 0.05) is 17.0 Å². The molecule has 25 heavy (non-hydrogen) atoms. The molecule has 4 rings (SSSR count). The normalized spacial score (nSPS) is 21.8. The van der Waals surface area contributed by atoms with Gasteiger partial charge in [-0.3, -0.25) is 0 Å². The van der Waals surface area contributed by atoms with Crippen molar-refractivity contribution >= 4 is 0 Å². The third-order valence-electron chi connectivity index (χ3n) is 4.98. The van der Waals surface area contributed by atoms with E-state index < -0.39 is 0 Å². The van der Waals surface area contributed by atoms with Gasteiger partial charge in [-0.2, -0.15) is 0 Å². The lowest BCUT2D eigenvalue weighted by Crippen LogP contribution is -2.23. The van der Waals surface area contributed by atoms with Gasteiger partial charge in [-0.25, -0.2) is 4.68 Å². The monoisotopic (exact) mass is 335 g/mol. The molecule has 1 unspecified atom stereocenters. The van der Waals surface area contributed by atoms with E-state index in [1.54, 1.807) is 0 Å². The number of benzene rings is 1. The predicted octanol–water partition coefficient (Wildman–Crippen LogP) is 3.97. The van der Waals surface area contributed by atoms with E-state index in [1.165, 1.54) is 18.4 Å². The van der Waals surface area contributed by atoms with Crippen molar-refractivity contribution in [3.8, 4) is 23.1 Å². The van der Waals surface area contributed by atoms with Crippen molar-refractivity contribution in [3.05, 3.63) is 35.5 Å². The highest BCUT2D eigenvalue weighted by Crippen LogP contribution is 2.30. The average molecular weight is 335 g/mol. The molecule has 4 nitrogen and oxygen atoms in total. The molecule has 2 heterocycles. The first-order valence-corrected chi connectivity index (χ1v) is 9.19. The number of aromatic nitrogens is 3. The Bertz CT molecular complexity index is 836. The van der Waals surface area contributed by atoms with Gasteiger partial charge < -0.3 is 4.74 Å². The van der Waals surface area contributed by atoms with E-state index in [0.29, 0.717) is 5.92 Å². The van der Waals surface area contributed by atoms with Crippen LogP contribution in [0.3, 0.4) is 0 Å². The molecular weight excluding hydrogens is 310 g/mol. The van der Waals surface area contributed by atoms with E-state index in [1.807, 2.05) is 10.9 Å². The van der Waals surface area contributed by atoms with Crippen LogP contribution in [0.5, 0.6) is 0 Å². The standard InChI is InChI=1S/C21H25N3O/c1-15-12-17(7-6-16-4-5-16)8-9-19(15)20-14-24(23-22-20)13-18-10-11-21(2,3)25-18/h8-9,12,14,16,18H,4-5,10-11,13H2,1-3H3. The van der Waals surface area contributed by atoms with Gasteiger partial charge >= 0.3 is 0 Å². The van der Waals surface area contributed by atoms with Crippen molar-refractivity contribution in [2.45, 2.75) is 64.7 Å². The first-order chi connectivity index (χ1) is 12.0. The van der Waals surface area contributed by atoms with Crippen LogP contribution in [0.4, 0.5) is 0 Å². The van der Waals surface area contributed by atoms with Crippen molar-refractivity contribution in [2.24, 2.45) is 5.92 Å². The zero-order valence-electron chi connectivity index (χ0n) is 15.2. The summed E-state index contributed by atoms with van der Waals surface area (Å²) < 4.78 is 7.96. The van der Waals surface area contributed by atoms with E-state index in [-0.39, 0.29) is 11.7 Å². The van der Waals surface area contributed by atoms with Crippen molar-refractivity contribution in [2.75, 3.05) is 0 Å². The Kier molecular flexibility index (Phi) is 4.13. The largest absolute Gasteiger partial charge is 0.370 e. The van der Waals surface area contributed by atoms with Crippen LogP contribution in [0.2, 0.25) is 0 Å². The van der Waals surface area contributed by atoms with Gasteiger partial charge in [-0.15, -0.1) is 5.10 Å². The first kappa shape index (κ1) is 16.4. The molecule has 2 aromatic rings. The van der Waals surface area contributed by atoms with Crippen molar-refractivity contribution < 1.29 is 4.74 Å². The van der Waals surface area contributed by atoms with Crippen molar-refractivity contribution in [3.63, 3.8) is 0 Å². The topological polar surface area (TPSA) is 39.9 Å². The fourth-order valence-corrected chi connectivity index (χ4v) is 3.37. The van der Waals surface area contributed by atoms with Crippen LogP contribution in [-0.2, 0) is 11.3 Å². The lowest BCUT2D eigenvalue weighted by molar-refractivity contribution is -0.0231. The molecule has 2 fully saturated rings. The summed E-state index contributed by atoms with van der Waals surface area (Å²) in [5.41, 5.74) is 4.30. The molecule has 1 saturated carbocycles. The third kappa shape index (κ3) is 3.93. The molecule has 1 aliphatic carbocycles. The van der Waals surface area contributed by atoms with Gasteiger partial charge in [0.2, 0.25) is 0 Å². The van der Waals surface area contributed by atoms with Gasteiger partial charge in [0.05, 0.1) is 24.4 Å². The summed E-state index contributed by atoms with van der Waals surface area (Å²) in [5, 5.41) is 8.65. The second-order valence-corrected chi connectivity index (χ2v) is 7.94. The Morgan fingerprint density at radius 2 is 2.12 bits per heavy atom. The molecule has 1 aromatic heterocycles. The number of ether oxygens (including phenoxy) is 1. The van der Waals surface area contributed by atoms with Crippen LogP contribution < -0.4 is 0 Å². The Labute approximate surface area is 149 Å². The van der Waals surface area contributed by atoms with Crippen LogP contribution in [0.25, 0.3) is 11.3 Å². The second kappa shape index (κ2) is 6.31. The molecule has 0 amide bonds. The van der Waals surface area contributed by atoms with Crippen LogP contribution in [0, 0.1) is 24.7 Å². The van der Waals surface area contributed by atoms with Gasteiger partial charge in [0.15, 0.2) is 0 Å². The molecule has 0 radical (unpaired) electrons. The Hall–Kier alpha value is -2.12. The number of rotatable bonds is 3. The second-order valence-electron chi connectivity index (χ2n) is 7.94. The van der Waals surface area contributed by atoms with Gasteiger partial charge in [0.25, 0.3) is 0 Å². The highest BCUT2D eigenvalue weighted by molar-refractivity contribution is 5.64. The van der Waals surface area contributed by atoms with E-state index in [9.17, 15) is 0 Å². The molecule has 130 valence electrons. The summed E-state index contributed by atoms with van der Waals surface area (Å²) in [6.07, 6.45) is 6.94. The summed E-state index contributed by atoms with van der Waals surface area (Å²) in [6.45, 7) is 7.17. The van der Waals surface area contributed by atoms with Gasteiger partial charge in [-0.1, -0.05) is 23.1 Å². The highest BCUT2D eigenvalue weighted by Gasteiger charge is 2.31. The third-order valence-corrected chi connectivity index (χ3v) is 4.98. The summed E-state index contributed by atoms with van der Waals surface area (Å²) in [4.78, 5) is 0. The highest BCUT2D eigenvalue weighted by atomic mass is 16.5. The zero-order chi connectivity index (χ0) is 17.4. The fraction of sp³-hybridized carbons (Fsp3) is 0.524. The average Bonchev–Trinajstić information content (AvgIpc) is 3.18. The molecule has 0 N–H and O–H groups in total. The lowest BCUT2D eigenvalue weighted by Gasteiger charge is -2.18. The van der Waals surface area contributed by atoms with Crippen LogP contribution in [0.15, 0.2) is 24.4 Å². The Balaban J connectivity index is 1.47. The quantitative estimate of drug-likeness (QED) is 0.797.